The van der Waals surface area contributed by atoms with Crippen LogP contribution >= 0.6 is 11.6 Å². The molecular formula is C23H29ClN2O6S. The van der Waals surface area contributed by atoms with E-state index in [1.54, 1.807) is 13.2 Å². The van der Waals surface area contributed by atoms with Crippen molar-refractivity contribution >= 4 is 33.4 Å². The Morgan fingerprint density at radius 1 is 1.12 bits per heavy atom. The number of ketones is 1. The number of carbonyl (C=O) groups is 2. The molecule has 0 unspecified atom stereocenters. The second kappa shape index (κ2) is 10.8. The Bertz CT molecular complexity index is 1100. The zero-order valence-corrected chi connectivity index (χ0v) is 20.6. The van der Waals surface area contributed by atoms with Gasteiger partial charge >= 0.3 is 5.97 Å². The van der Waals surface area contributed by atoms with Gasteiger partial charge in [-0.05, 0) is 57.0 Å². The Balaban J connectivity index is 1.53. The van der Waals surface area contributed by atoms with E-state index in [0.717, 1.165) is 11.4 Å². The molecule has 2 heterocycles. The molecule has 0 saturated carbocycles. The van der Waals surface area contributed by atoms with Crippen molar-refractivity contribution in [1.82, 2.24) is 8.87 Å². The first-order valence-electron chi connectivity index (χ1n) is 10.8. The van der Waals surface area contributed by atoms with Crippen molar-refractivity contribution in [3.8, 4) is 0 Å². The lowest BCUT2D eigenvalue weighted by molar-refractivity contribution is -0.148. The molecule has 1 aliphatic heterocycles. The highest BCUT2D eigenvalue weighted by Gasteiger charge is 2.33. The van der Waals surface area contributed by atoms with Crippen molar-refractivity contribution < 1.29 is 27.5 Å². The number of hydrogen-bond acceptors (Lipinski definition) is 6. The molecule has 0 radical (unpaired) electrons. The Kier molecular flexibility index (Phi) is 8.33. The highest BCUT2D eigenvalue weighted by molar-refractivity contribution is 7.89. The van der Waals surface area contributed by atoms with E-state index in [4.69, 9.17) is 21.1 Å². The van der Waals surface area contributed by atoms with Crippen LogP contribution in [0.5, 0.6) is 0 Å². The third-order valence-corrected chi connectivity index (χ3v) is 8.14. The molecule has 0 bridgehead atoms. The first-order chi connectivity index (χ1) is 15.6. The number of piperidine rings is 1. The van der Waals surface area contributed by atoms with E-state index < -0.39 is 21.9 Å². The van der Waals surface area contributed by atoms with E-state index in [-0.39, 0.29) is 30.4 Å². The molecule has 10 heteroatoms. The molecule has 33 heavy (non-hydrogen) atoms. The third-order valence-electron chi connectivity index (χ3n) is 5.98. The number of benzene rings is 1. The predicted molar refractivity (Wildman–Crippen MR) is 124 cm³/mol. The van der Waals surface area contributed by atoms with Crippen LogP contribution in [0, 0.1) is 19.8 Å². The number of rotatable bonds is 9. The van der Waals surface area contributed by atoms with Crippen molar-refractivity contribution in [1.29, 1.82) is 0 Å². The van der Waals surface area contributed by atoms with Crippen LogP contribution in [-0.4, -0.2) is 62.5 Å². The monoisotopic (exact) mass is 496 g/mol. The first kappa shape index (κ1) is 25.4. The number of sulfonamides is 1. The van der Waals surface area contributed by atoms with Gasteiger partial charge in [-0.25, -0.2) is 8.42 Å². The molecule has 0 N–H and O–H groups in total. The summed E-state index contributed by atoms with van der Waals surface area (Å²) < 4.78 is 39.3. The second-order valence-corrected chi connectivity index (χ2v) is 10.5. The normalized spacial score (nSPS) is 15.5. The molecule has 0 atom stereocenters. The second-order valence-electron chi connectivity index (χ2n) is 8.09. The van der Waals surface area contributed by atoms with Crippen molar-refractivity contribution in [3.63, 3.8) is 0 Å². The van der Waals surface area contributed by atoms with E-state index in [1.807, 2.05) is 18.4 Å². The number of carbonyl (C=O) groups excluding carboxylic acids is 2. The molecule has 3 rings (SSSR count). The average Bonchev–Trinajstić information content (AvgIpc) is 3.09. The van der Waals surface area contributed by atoms with Gasteiger partial charge in [0.25, 0.3) is 0 Å². The molecule has 1 fully saturated rings. The van der Waals surface area contributed by atoms with Gasteiger partial charge in [-0.1, -0.05) is 11.6 Å². The highest BCUT2D eigenvalue weighted by Crippen LogP contribution is 2.25. The van der Waals surface area contributed by atoms with Gasteiger partial charge < -0.3 is 14.0 Å². The van der Waals surface area contributed by atoms with Crippen LogP contribution in [0.3, 0.4) is 0 Å². The lowest BCUT2D eigenvalue weighted by Gasteiger charge is -2.30. The minimum atomic E-state index is -3.65. The summed E-state index contributed by atoms with van der Waals surface area (Å²) in [6.07, 6.45) is 0.677. The van der Waals surface area contributed by atoms with Crippen LogP contribution in [0.1, 0.15) is 34.6 Å². The molecule has 180 valence electrons. The molecule has 8 nitrogen and oxygen atoms in total. The summed E-state index contributed by atoms with van der Waals surface area (Å²) in [5, 5.41) is 0.460. The summed E-state index contributed by atoms with van der Waals surface area (Å²) in [5.74, 6) is -1.17. The predicted octanol–water partition coefficient (Wildman–Crippen LogP) is 3.23. The summed E-state index contributed by atoms with van der Waals surface area (Å²) in [4.78, 5) is 25.3. The summed E-state index contributed by atoms with van der Waals surface area (Å²) in [5.41, 5.74) is 2.28. The van der Waals surface area contributed by atoms with Crippen LogP contribution in [0.25, 0.3) is 0 Å². The quantitative estimate of drug-likeness (QED) is 0.390. The molecule has 0 spiro atoms. The molecule has 2 aromatic rings. The molecule has 0 aliphatic carbocycles. The zero-order chi connectivity index (χ0) is 24.2. The van der Waals surface area contributed by atoms with Gasteiger partial charge in [-0.2, -0.15) is 4.31 Å². The molecule has 1 aromatic heterocycles. The van der Waals surface area contributed by atoms with Gasteiger partial charge in [-0.3, -0.25) is 9.59 Å². The van der Waals surface area contributed by atoms with Crippen molar-refractivity contribution in [2.45, 2.75) is 38.1 Å². The molecule has 1 saturated heterocycles. The maximum absolute atomic E-state index is 12.8. The van der Waals surface area contributed by atoms with Gasteiger partial charge in [0.05, 0.1) is 17.4 Å². The number of hydrogen-bond donors (Lipinski definition) is 0. The topological polar surface area (TPSA) is 94.9 Å². The highest BCUT2D eigenvalue weighted by atomic mass is 35.5. The third kappa shape index (κ3) is 5.84. The van der Waals surface area contributed by atoms with Crippen molar-refractivity contribution in [2.24, 2.45) is 5.92 Å². The Hall–Kier alpha value is -2.20. The Labute approximate surface area is 199 Å². The van der Waals surface area contributed by atoms with Crippen LogP contribution in [-0.2, 0) is 30.8 Å². The summed E-state index contributed by atoms with van der Waals surface area (Å²) in [6, 6.07) is 7.79. The smallest absolute Gasteiger partial charge is 0.309 e. The van der Waals surface area contributed by atoms with Crippen molar-refractivity contribution in [2.75, 3.05) is 33.4 Å². The average molecular weight is 497 g/mol. The van der Waals surface area contributed by atoms with E-state index in [9.17, 15) is 18.0 Å². The number of nitrogens with zero attached hydrogens (tertiary/aromatic N) is 2. The largest absolute Gasteiger partial charge is 0.457 e. The molecule has 0 amide bonds. The Morgan fingerprint density at radius 2 is 1.76 bits per heavy atom. The van der Waals surface area contributed by atoms with E-state index in [2.05, 4.69) is 0 Å². The number of halogens is 1. The summed E-state index contributed by atoms with van der Waals surface area (Å²) >= 11 is 5.84. The molecule has 1 aliphatic rings. The number of aromatic nitrogens is 1. The van der Waals surface area contributed by atoms with E-state index in [0.29, 0.717) is 36.6 Å². The SMILES string of the molecule is COCCn1c(C)cc(C(=O)COC(=O)C2CCN(S(=O)(=O)c3ccc(Cl)cc3)CC2)c1C. The van der Waals surface area contributed by atoms with Crippen molar-refractivity contribution in [3.05, 3.63) is 52.3 Å². The lowest BCUT2D eigenvalue weighted by atomic mass is 9.98. The fourth-order valence-electron chi connectivity index (χ4n) is 4.03. The van der Waals surface area contributed by atoms with Crippen LogP contribution in [0.2, 0.25) is 5.02 Å². The van der Waals surface area contributed by atoms with Crippen LogP contribution < -0.4 is 0 Å². The maximum Gasteiger partial charge on any atom is 0.309 e. The fraction of sp³-hybridized carbons (Fsp3) is 0.478. The van der Waals surface area contributed by atoms with Crippen LogP contribution in [0.4, 0.5) is 0 Å². The van der Waals surface area contributed by atoms with Crippen LogP contribution in [0.15, 0.2) is 35.2 Å². The van der Waals surface area contributed by atoms with Gasteiger partial charge in [-0.15, -0.1) is 0 Å². The van der Waals surface area contributed by atoms with Gasteiger partial charge in [0, 0.05) is 48.7 Å². The summed E-state index contributed by atoms with van der Waals surface area (Å²) in [6.45, 7) is 5.02. The van der Waals surface area contributed by atoms with Gasteiger partial charge in [0.1, 0.15) is 0 Å². The molecule has 1 aromatic carbocycles. The minimum absolute atomic E-state index is 0.168. The van der Waals surface area contributed by atoms with E-state index >= 15 is 0 Å². The number of Topliss-reactive ketones (excluding diaryl/α,β-unsaturated/α-hetero) is 1. The fourth-order valence-corrected chi connectivity index (χ4v) is 5.63. The van der Waals surface area contributed by atoms with E-state index in [1.165, 1.54) is 28.6 Å². The number of methoxy groups -OCH3 is 1. The van der Waals surface area contributed by atoms with Gasteiger partial charge in [0.2, 0.25) is 15.8 Å². The van der Waals surface area contributed by atoms with Gasteiger partial charge in [0.15, 0.2) is 6.61 Å². The number of ether oxygens (including phenoxy) is 2. The minimum Gasteiger partial charge on any atom is -0.457 e. The number of esters is 1. The Morgan fingerprint density at radius 3 is 2.36 bits per heavy atom. The lowest BCUT2D eigenvalue weighted by Crippen LogP contribution is -2.40. The first-order valence-corrected chi connectivity index (χ1v) is 12.6. The summed E-state index contributed by atoms with van der Waals surface area (Å²) in [7, 11) is -2.02. The maximum atomic E-state index is 12.8. The number of aryl methyl sites for hydroxylation is 1. The molecular weight excluding hydrogens is 468 g/mol. The standard InChI is InChI=1S/C23H29ClN2O6S/c1-16-14-21(17(2)26(16)12-13-31-3)22(27)15-32-23(28)18-8-10-25(11-9-18)33(29,30)20-6-4-19(24)5-7-20/h4-7,14,18H,8-13,15H2,1-3H3. The zero-order valence-electron chi connectivity index (χ0n) is 19.0.